The minimum Gasteiger partial charge on any atom is -0.468 e. The molecule has 5 nitrogen and oxygen atoms in total. The van der Waals surface area contributed by atoms with Crippen LogP contribution in [0.2, 0.25) is 0 Å². The number of nitrogens with zero attached hydrogens (tertiary/aromatic N) is 2. The average Bonchev–Trinajstić information content (AvgIpc) is 2.83. The quantitative estimate of drug-likeness (QED) is 0.654. The lowest BCUT2D eigenvalue weighted by Gasteiger charge is -2.05. The molecule has 0 saturated heterocycles. The first-order chi connectivity index (χ1) is 8.27. The smallest absolute Gasteiger partial charge is 0.266 e. The number of halogens is 1. The molecule has 0 aromatic carbocycles. The summed E-state index contributed by atoms with van der Waals surface area (Å²) in [5, 5.41) is 3.20. The summed E-state index contributed by atoms with van der Waals surface area (Å²) in [6.45, 7) is 1.96. The molecule has 0 spiro atoms. The van der Waals surface area contributed by atoms with Crippen molar-refractivity contribution in [2.75, 3.05) is 6.54 Å². The highest BCUT2D eigenvalue weighted by molar-refractivity contribution is 14.1. The minimum absolute atomic E-state index is 0.000369. The summed E-state index contributed by atoms with van der Waals surface area (Å²) in [5.74, 6) is 0.887. The first-order valence-corrected chi connectivity index (χ1v) is 6.28. The first kappa shape index (κ1) is 12.3. The number of aromatic nitrogens is 2. The van der Waals surface area contributed by atoms with Crippen LogP contribution in [-0.2, 0) is 13.1 Å². The van der Waals surface area contributed by atoms with E-state index >= 15 is 0 Å². The van der Waals surface area contributed by atoms with Crippen molar-refractivity contribution in [1.29, 1.82) is 0 Å². The van der Waals surface area contributed by atoms with Gasteiger partial charge in [-0.3, -0.25) is 9.36 Å². The van der Waals surface area contributed by atoms with Gasteiger partial charge in [-0.05, 0) is 34.7 Å². The molecule has 0 aliphatic heterocycles. The highest BCUT2D eigenvalue weighted by Crippen LogP contribution is 1.98. The van der Waals surface area contributed by atoms with E-state index in [1.807, 2.05) is 34.7 Å². The standard InChI is InChI=1S/C11H12IN3O2/c12-10-7-14-8-15(11(10)16)4-3-13-6-9-2-1-5-17-9/h1-2,5,7-8,13H,3-4,6H2. The Morgan fingerprint density at radius 2 is 2.41 bits per heavy atom. The Morgan fingerprint density at radius 3 is 3.18 bits per heavy atom. The summed E-state index contributed by atoms with van der Waals surface area (Å²) in [4.78, 5) is 15.6. The van der Waals surface area contributed by atoms with Gasteiger partial charge >= 0.3 is 0 Å². The molecule has 0 saturated carbocycles. The average molecular weight is 345 g/mol. The van der Waals surface area contributed by atoms with Gasteiger partial charge in [0, 0.05) is 19.3 Å². The normalized spacial score (nSPS) is 10.6. The maximum absolute atomic E-state index is 11.7. The summed E-state index contributed by atoms with van der Waals surface area (Å²) in [7, 11) is 0. The number of furan rings is 1. The molecule has 0 aliphatic carbocycles. The summed E-state index contributed by atoms with van der Waals surface area (Å²) >= 11 is 1.99. The molecule has 0 unspecified atom stereocenters. The molecule has 17 heavy (non-hydrogen) atoms. The van der Waals surface area contributed by atoms with E-state index in [0.717, 1.165) is 5.76 Å². The summed E-state index contributed by atoms with van der Waals surface area (Å²) < 4.78 is 7.41. The zero-order chi connectivity index (χ0) is 12.1. The van der Waals surface area contributed by atoms with E-state index in [-0.39, 0.29) is 5.56 Å². The van der Waals surface area contributed by atoms with E-state index in [1.165, 1.54) is 0 Å². The van der Waals surface area contributed by atoms with Crippen LogP contribution in [0.3, 0.4) is 0 Å². The maximum Gasteiger partial charge on any atom is 0.266 e. The molecule has 0 atom stereocenters. The van der Waals surface area contributed by atoms with Gasteiger partial charge in [-0.15, -0.1) is 0 Å². The molecule has 0 fully saturated rings. The second kappa shape index (κ2) is 5.97. The Kier molecular flexibility index (Phi) is 4.32. The second-order valence-electron chi connectivity index (χ2n) is 3.50. The Bertz CT molecular complexity index is 522. The van der Waals surface area contributed by atoms with Crippen LogP contribution >= 0.6 is 22.6 Å². The molecule has 2 heterocycles. The van der Waals surface area contributed by atoms with Gasteiger partial charge in [0.15, 0.2) is 0 Å². The van der Waals surface area contributed by atoms with Crippen molar-refractivity contribution >= 4 is 22.6 Å². The van der Waals surface area contributed by atoms with E-state index in [4.69, 9.17) is 4.42 Å². The van der Waals surface area contributed by atoms with Gasteiger partial charge in [-0.1, -0.05) is 0 Å². The minimum atomic E-state index is 0.000369. The third kappa shape index (κ3) is 3.40. The highest BCUT2D eigenvalue weighted by Gasteiger charge is 2.00. The van der Waals surface area contributed by atoms with Crippen LogP contribution in [0.25, 0.3) is 0 Å². The Balaban J connectivity index is 1.82. The molecule has 90 valence electrons. The van der Waals surface area contributed by atoms with Crippen molar-refractivity contribution in [2.24, 2.45) is 0 Å². The lowest BCUT2D eigenvalue weighted by Crippen LogP contribution is -2.28. The van der Waals surface area contributed by atoms with Crippen molar-refractivity contribution in [3.05, 3.63) is 50.6 Å². The second-order valence-corrected chi connectivity index (χ2v) is 4.66. The molecular weight excluding hydrogens is 333 g/mol. The summed E-state index contributed by atoms with van der Waals surface area (Å²) in [6.07, 6.45) is 4.76. The van der Waals surface area contributed by atoms with Crippen molar-refractivity contribution in [3.63, 3.8) is 0 Å². The molecule has 2 aromatic rings. The molecule has 1 N–H and O–H groups in total. The fourth-order valence-corrected chi connectivity index (χ4v) is 1.88. The van der Waals surface area contributed by atoms with Gasteiger partial charge in [0.2, 0.25) is 0 Å². The predicted octanol–water partition coefficient (Wildman–Crippen LogP) is 1.23. The van der Waals surface area contributed by atoms with Gasteiger partial charge < -0.3 is 9.73 Å². The van der Waals surface area contributed by atoms with Crippen LogP contribution in [0.1, 0.15) is 5.76 Å². The van der Waals surface area contributed by atoms with Gasteiger partial charge in [0.25, 0.3) is 5.56 Å². The number of hydrogen-bond acceptors (Lipinski definition) is 4. The van der Waals surface area contributed by atoms with Gasteiger partial charge in [-0.2, -0.15) is 0 Å². The number of rotatable bonds is 5. The van der Waals surface area contributed by atoms with E-state index in [1.54, 1.807) is 23.4 Å². The Morgan fingerprint density at radius 1 is 1.53 bits per heavy atom. The molecule has 0 amide bonds. The van der Waals surface area contributed by atoms with Crippen molar-refractivity contribution < 1.29 is 4.42 Å². The fraction of sp³-hybridized carbons (Fsp3) is 0.273. The number of hydrogen-bond donors (Lipinski definition) is 1. The van der Waals surface area contributed by atoms with Crippen LogP contribution in [0, 0.1) is 3.57 Å². The van der Waals surface area contributed by atoms with Crippen molar-refractivity contribution in [1.82, 2.24) is 14.9 Å². The Labute approximate surface area is 112 Å². The fourth-order valence-electron chi connectivity index (χ4n) is 1.41. The lowest BCUT2D eigenvalue weighted by atomic mass is 10.4. The predicted molar refractivity (Wildman–Crippen MR) is 71.6 cm³/mol. The molecule has 2 rings (SSSR count). The van der Waals surface area contributed by atoms with Gasteiger partial charge in [0.1, 0.15) is 5.76 Å². The Hall–Kier alpha value is -1.15. The zero-order valence-corrected chi connectivity index (χ0v) is 11.3. The summed E-state index contributed by atoms with van der Waals surface area (Å²) in [6, 6.07) is 3.76. The highest BCUT2D eigenvalue weighted by atomic mass is 127. The molecular formula is C11H12IN3O2. The van der Waals surface area contributed by atoms with Crippen LogP contribution < -0.4 is 10.9 Å². The summed E-state index contributed by atoms with van der Waals surface area (Å²) in [5.41, 5.74) is 0.000369. The molecule has 6 heteroatoms. The third-order valence-electron chi connectivity index (χ3n) is 2.27. The van der Waals surface area contributed by atoms with Crippen LogP contribution in [-0.4, -0.2) is 16.1 Å². The topological polar surface area (TPSA) is 60.1 Å². The SMILES string of the molecule is O=c1c(I)cncn1CCNCc1ccco1. The molecule has 2 aromatic heterocycles. The van der Waals surface area contributed by atoms with Crippen molar-refractivity contribution in [2.45, 2.75) is 13.1 Å². The largest absolute Gasteiger partial charge is 0.468 e. The van der Waals surface area contributed by atoms with Crippen molar-refractivity contribution in [3.8, 4) is 0 Å². The maximum atomic E-state index is 11.7. The number of nitrogens with one attached hydrogen (secondary N) is 1. The molecule has 0 radical (unpaired) electrons. The third-order valence-corrected chi connectivity index (χ3v) is 3.01. The molecule has 0 bridgehead atoms. The zero-order valence-electron chi connectivity index (χ0n) is 9.10. The van der Waals surface area contributed by atoms with Gasteiger partial charge in [-0.25, -0.2) is 4.98 Å². The van der Waals surface area contributed by atoms with Crippen LogP contribution in [0.4, 0.5) is 0 Å². The van der Waals surface area contributed by atoms with E-state index in [0.29, 0.717) is 23.2 Å². The van der Waals surface area contributed by atoms with Crippen LogP contribution in [0.5, 0.6) is 0 Å². The van der Waals surface area contributed by atoms with E-state index in [2.05, 4.69) is 10.3 Å². The van der Waals surface area contributed by atoms with E-state index in [9.17, 15) is 4.79 Å². The van der Waals surface area contributed by atoms with Gasteiger partial charge in [0.05, 0.1) is 22.7 Å². The monoisotopic (exact) mass is 345 g/mol. The lowest BCUT2D eigenvalue weighted by molar-refractivity contribution is 0.473. The first-order valence-electron chi connectivity index (χ1n) is 5.20. The van der Waals surface area contributed by atoms with E-state index < -0.39 is 0 Å². The van der Waals surface area contributed by atoms with Crippen LogP contribution in [0.15, 0.2) is 40.1 Å². The molecule has 0 aliphatic rings.